The van der Waals surface area contributed by atoms with Crippen LogP contribution < -0.4 is 0 Å². The van der Waals surface area contributed by atoms with Crippen LogP contribution in [0.1, 0.15) is 33.6 Å². The molecule has 0 unspecified atom stereocenters. The number of ether oxygens (including phenoxy) is 1. The second kappa shape index (κ2) is 2.88. The first-order valence-corrected chi connectivity index (χ1v) is 4.12. The molecule has 12 heavy (non-hydrogen) atoms. The fourth-order valence-electron chi connectivity index (χ4n) is 1.44. The van der Waals surface area contributed by atoms with E-state index < -0.39 is 5.41 Å². The molecule has 0 N–H and O–H groups in total. The monoisotopic (exact) mass is 170 g/mol. The lowest BCUT2D eigenvalue weighted by atomic mass is 9.89. The number of carbonyl (C=O) groups is 2. The zero-order valence-corrected chi connectivity index (χ0v) is 7.72. The Bertz CT molecular complexity index is 218. The molecule has 0 radical (unpaired) electrons. The molecule has 0 aromatic carbocycles. The van der Waals surface area contributed by atoms with Gasteiger partial charge in [0.05, 0.1) is 5.41 Å². The summed E-state index contributed by atoms with van der Waals surface area (Å²) in [6, 6.07) is 0. The molecule has 0 saturated carbocycles. The molecule has 0 amide bonds. The maximum Gasteiger partial charge on any atom is 0.311 e. The number of Topliss-reactive ketones (excluding diaryl/α,β-unsaturated/α-hetero) is 1. The Morgan fingerprint density at radius 2 is 2.25 bits per heavy atom. The number of ketones is 1. The molecular formula is C9H14O3. The quantitative estimate of drug-likeness (QED) is 0.587. The van der Waals surface area contributed by atoms with E-state index in [-0.39, 0.29) is 17.9 Å². The third-order valence-electron chi connectivity index (χ3n) is 2.08. The van der Waals surface area contributed by atoms with Gasteiger partial charge in [0.25, 0.3) is 0 Å². The highest BCUT2D eigenvalue weighted by atomic mass is 16.6. The molecule has 3 nitrogen and oxygen atoms in total. The minimum atomic E-state index is -0.403. The Kier molecular flexibility index (Phi) is 2.22. The van der Waals surface area contributed by atoms with E-state index in [1.807, 2.05) is 13.8 Å². The van der Waals surface area contributed by atoms with Crippen molar-refractivity contribution >= 4 is 11.8 Å². The van der Waals surface area contributed by atoms with Gasteiger partial charge in [0.2, 0.25) is 0 Å². The standard InChI is InChI=1S/C9H14O3/c1-6(10)4-7-5-9(2,3)8(11)12-7/h7H,4-5H2,1-3H3/t7-/m0/s1. The molecule has 1 fully saturated rings. The van der Waals surface area contributed by atoms with Crippen molar-refractivity contribution < 1.29 is 14.3 Å². The molecule has 0 aromatic heterocycles. The van der Waals surface area contributed by atoms with E-state index >= 15 is 0 Å². The average Bonchev–Trinajstić information content (AvgIpc) is 2.04. The summed E-state index contributed by atoms with van der Waals surface area (Å²) in [7, 11) is 0. The topological polar surface area (TPSA) is 43.4 Å². The van der Waals surface area contributed by atoms with Crippen LogP contribution in [0.4, 0.5) is 0 Å². The molecule has 1 aliphatic heterocycles. The molecule has 1 heterocycles. The Hall–Kier alpha value is -0.860. The van der Waals surface area contributed by atoms with Gasteiger partial charge in [0.15, 0.2) is 0 Å². The number of hydrogen-bond acceptors (Lipinski definition) is 3. The van der Waals surface area contributed by atoms with Crippen LogP contribution in [0.15, 0.2) is 0 Å². The summed E-state index contributed by atoms with van der Waals surface area (Å²) < 4.78 is 5.03. The number of rotatable bonds is 2. The second-order valence-electron chi connectivity index (χ2n) is 4.02. The first-order valence-electron chi connectivity index (χ1n) is 4.12. The van der Waals surface area contributed by atoms with Crippen molar-refractivity contribution in [3.63, 3.8) is 0 Å². The number of cyclic esters (lactones) is 1. The molecule has 3 heteroatoms. The Balaban J connectivity index is 2.55. The highest BCUT2D eigenvalue weighted by Gasteiger charge is 2.41. The summed E-state index contributed by atoms with van der Waals surface area (Å²) in [6.45, 7) is 5.20. The third kappa shape index (κ3) is 1.84. The SMILES string of the molecule is CC(=O)C[C@H]1CC(C)(C)C(=O)O1. The molecule has 1 saturated heterocycles. The maximum atomic E-state index is 11.2. The number of hydrogen-bond donors (Lipinski definition) is 0. The zero-order chi connectivity index (χ0) is 9.35. The Labute approximate surface area is 72.1 Å². The van der Waals surface area contributed by atoms with Gasteiger partial charge in [-0.05, 0) is 20.8 Å². The van der Waals surface area contributed by atoms with Crippen molar-refractivity contribution in [3.8, 4) is 0 Å². The first-order chi connectivity index (χ1) is 5.42. The van der Waals surface area contributed by atoms with Gasteiger partial charge in [-0.15, -0.1) is 0 Å². The molecule has 0 spiro atoms. The van der Waals surface area contributed by atoms with E-state index in [4.69, 9.17) is 4.74 Å². The van der Waals surface area contributed by atoms with Crippen molar-refractivity contribution in [1.29, 1.82) is 0 Å². The Morgan fingerprint density at radius 3 is 2.58 bits per heavy atom. The van der Waals surface area contributed by atoms with Crippen molar-refractivity contribution in [2.75, 3.05) is 0 Å². The van der Waals surface area contributed by atoms with Gasteiger partial charge >= 0.3 is 5.97 Å². The molecule has 0 aromatic rings. The van der Waals surface area contributed by atoms with Crippen LogP contribution in [0.25, 0.3) is 0 Å². The number of esters is 1. The Morgan fingerprint density at radius 1 is 1.67 bits per heavy atom. The highest BCUT2D eigenvalue weighted by molar-refractivity contribution is 5.80. The minimum absolute atomic E-state index is 0.0745. The van der Waals surface area contributed by atoms with Crippen LogP contribution in [0.3, 0.4) is 0 Å². The lowest BCUT2D eigenvalue weighted by molar-refractivity contribution is -0.147. The van der Waals surface area contributed by atoms with Crippen molar-refractivity contribution in [3.05, 3.63) is 0 Å². The molecule has 1 aliphatic rings. The first kappa shape index (κ1) is 9.23. The van der Waals surface area contributed by atoms with E-state index in [1.165, 1.54) is 6.92 Å². The summed E-state index contributed by atoms with van der Waals surface area (Å²) in [4.78, 5) is 21.9. The van der Waals surface area contributed by atoms with Crippen molar-refractivity contribution in [1.82, 2.24) is 0 Å². The van der Waals surface area contributed by atoms with Gasteiger partial charge in [-0.25, -0.2) is 0 Å². The summed E-state index contributed by atoms with van der Waals surface area (Å²) >= 11 is 0. The molecular weight excluding hydrogens is 156 g/mol. The molecule has 68 valence electrons. The van der Waals surface area contributed by atoms with Gasteiger partial charge in [0.1, 0.15) is 11.9 Å². The van der Waals surface area contributed by atoms with Crippen LogP contribution in [0, 0.1) is 5.41 Å². The van der Waals surface area contributed by atoms with Crippen molar-refractivity contribution in [2.24, 2.45) is 5.41 Å². The third-order valence-corrected chi connectivity index (χ3v) is 2.08. The van der Waals surface area contributed by atoms with Crippen LogP contribution in [-0.2, 0) is 14.3 Å². The van der Waals surface area contributed by atoms with Gasteiger partial charge in [0, 0.05) is 12.8 Å². The molecule has 0 aliphatic carbocycles. The summed E-state index contributed by atoms with van der Waals surface area (Å²) in [5.41, 5.74) is -0.403. The predicted molar refractivity (Wildman–Crippen MR) is 43.6 cm³/mol. The second-order valence-corrected chi connectivity index (χ2v) is 4.02. The van der Waals surface area contributed by atoms with Gasteiger partial charge in [-0.1, -0.05) is 0 Å². The fraction of sp³-hybridized carbons (Fsp3) is 0.778. The fourth-order valence-corrected chi connectivity index (χ4v) is 1.44. The van der Waals surface area contributed by atoms with Crippen LogP contribution in [0.2, 0.25) is 0 Å². The van der Waals surface area contributed by atoms with Crippen LogP contribution >= 0.6 is 0 Å². The minimum Gasteiger partial charge on any atom is -0.461 e. The summed E-state index contributed by atoms with van der Waals surface area (Å²) in [5.74, 6) is -0.112. The average molecular weight is 170 g/mol. The maximum absolute atomic E-state index is 11.2. The lowest BCUT2D eigenvalue weighted by Crippen LogP contribution is -2.16. The van der Waals surface area contributed by atoms with Crippen LogP contribution in [-0.4, -0.2) is 17.9 Å². The van der Waals surface area contributed by atoms with Gasteiger partial charge < -0.3 is 4.74 Å². The predicted octanol–water partition coefficient (Wildman–Crippen LogP) is 1.31. The molecule has 0 bridgehead atoms. The number of carbonyl (C=O) groups excluding carboxylic acids is 2. The van der Waals surface area contributed by atoms with E-state index in [0.29, 0.717) is 12.8 Å². The van der Waals surface area contributed by atoms with E-state index in [0.717, 1.165) is 0 Å². The highest BCUT2D eigenvalue weighted by Crippen LogP contribution is 2.34. The summed E-state index contributed by atoms with van der Waals surface area (Å²) in [5, 5.41) is 0. The van der Waals surface area contributed by atoms with E-state index in [2.05, 4.69) is 0 Å². The van der Waals surface area contributed by atoms with Gasteiger partial charge in [-0.3, -0.25) is 9.59 Å². The summed E-state index contributed by atoms with van der Waals surface area (Å²) in [6.07, 6.45) is 0.825. The van der Waals surface area contributed by atoms with Crippen molar-refractivity contribution in [2.45, 2.75) is 39.7 Å². The normalized spacial score (nSPS) is 26.9. The smallest absolute Gasteiger partial charge is 0.311 e. The zero-order valence-electron chi connectivity index (χ0n) is 7.72. The van der Waals surface area contributed by atoms with Gasteiger partial charge in [-0.2, -0.15) is 0 Å². The molecule has 1 atom stereocenters. The van der Waals surface area contributed by atoms with E-state index in [9.17, 15) is 9.59 Å². The van der Waals surface area contributed by atoms with E-state index in [1.54, 1.807) is 0 Å². The van der Waals surface area contributed by atoms with Crippen LogP contribution in [0.5, 0.6) is 0 Å². The largest absolute Gasteiger partial charge is 0.461 e. The molecule has 1 rings (SSSR count). The lowest BCUT2D eigenvalue weighted by Gasteiger charge is -2.09.